The van der Waals surface area contributed by atoms with Gasteiger partial charge in [-0.3, -0.25) is 4.79 Å². The van der Waals surface area contributed by atoms with E-state index in [9.17, 15) is 14.9 Å². The minimum absolute atomic E-state index is 0.145. The second-order valence-electron chi connectivity index (χ2n) is 7.50. The van der Waals surface area contributed by atoms with Crippen molar-refractivity contribution in [2.75, 3.05) is 31.3 Å². The molecule has 1 aliphatic heterocycles. The molecule has 1 aromatic rings. The summed E-state index contributed by atoms with van der Waals surface area (Å²) in [7, 11) is 0. The average Bonchev–Trinajstić information content (AvgIpc) is 3.12. The summed E-state index contributed by atoms with van der Waals surface area (Å²) in [4.78, 5) is 27.2. The molecule has 1 aromatic carbocycles. The van der Waals surface area contributed by atoms with Crippen LogP contribution in [-0.4, -0.2) is 43.4 Å². The Morgan fingerprint density at radius 1 is 1.26 bits per heavy atom. The summed E-state index contributed by atoms with van der Waals surface area (Å²) in [6, 6.07) is 9.73. The molecule has 1 heterocycles. The van der Waals surface area contributed by atoms with Crippen molar-refractivity contribution in [2.45, 2.75) is 38.5 Å². The Bertz CT molecular complexity index is 901. The van der Waals surface area contributed by atoms with Gasteiger partial charge in [0.05, 0.1) is 29.3 Å². The first kappa shape index (κ1) is 24.5. The highest BCUT2D eigenvalue weighted by Gasteiger charge is 2.27. The molecule has 1 aliphatic rings. The van der Waals surface area contributed by atoms with Crippen molar-refractivity contribution in [3.8, 4) is 6.07 Å². The van der Waals surface area contributed by atoms with Gasteiger partial charge in [-0.1, -0.05) is 30.8 Å². The van der Waals surface area contributed by atoms with Crippen LogP contribution in [0.25, 0.3) is 0 Å². The maximum absolute atomic E-state index is 12.2. The predicted molar refractivity (Wildman–Crippen MR) is 119 cm³/mol. The lowest BCUT2D eigenvalue weighted by Gasteiger charge is -2.22. The van der Waals surface area contributed by atoms with Crippen molar-refractivity contribution in [2.24, 2.45) is 5.41 Å². The van der Waals surface area contributed by atoms with Crippen molar-refractivity contribution in [3.05, 3.63) is 47.0 Å². The van der Waals surface area contributed by atoms with E-state index in [0.717, 1.165) is 15.6 Å². The number of hydrogen-bond donors (Lipinski definition) is 1. The van der Waals surface area contributed by atoms with Gasteiger partial charge in [-0.2, -0.15) is 5.26 Å². The molecule has 0 saturated heterocycles. The van der Waals surface area contributed by atoms with Gasteiger partial charge >= 0.3 is 11.9 Å². The molecule has 0 atom stereocenters. The number of thioether (sulfide) groups is 1. The van der Waals surface area contributed by atoms with Crippen molar-refractivity contribution < 1.29 is 24.2 Å². The Kier molecular flexibility index (Phi) is 9.16. The van der Waals surface area contributed by atoms with Gasteiger partial charge < -0.3 is 19.5 Å². The number of carbonyl (C=O) groups excluding carboxylic acids is 2. The zero-order chi connectivity index (χ0) is 22.9. The first-order valence-corrected chi connectivity index (χ1v) is 11.0. The summed E-state index contributed by atoms with van der Waals surface area (Å²) in [6.45, 7) is 6.16. The monoisotopic (exact) mass is 444 g/mol. The van der Waals surface area contributed by atoms with E-state index in [-0.39, 0.29) is 24.8 Å². The van der Waals surface area contributed by atoms with Crippen LogP contribution in [0.1, 0.15) is 33.6 Å². The second-order valence-corrected chi connectivity index (χ2v) is 8.57. The molecule has 166 valence electrons. The largest absolute Gasteiger partial charge is 0.465 e. The molecule has 0 aliphatic carbocycles. The van der Waals surface area contributed by atoms with Gasteiger partial charge in [0.15, 0.2) is 0 Å². The molecule has 0 unspecified atom stereocenters. The van der Waals surface area contributed by atoms with Crippen molar-refractivity contribution in [3.63, 3.8) is 0 Å². The predicted octanol–water partition coefficient (Wildman–Crippen LogP) is 3.80. The van der Waals surface area contributed by atoms with E-state index in [2.05, 4.69) is 4.90 Å². The smallest absolute Gasteiger partial charge is 0.348 e. The second kappa shape index (κ2) is 11.6. The van der Waals surface area contributed by atoms with Gasteiger partial charge in [-0.05, 0) is 51.0 Å². The number of esters is 2. The van der Waals surface area contributed by atoms with E-state index in [1.54, 1.807) is 6.08 Å². The van der Waals surface area contributed by atoms with Gasteiger partial charge in [0, 0.05) is 11.4 Å². The Morgan fingerprint density at radius 2 is 2.00 bits per heavy atom. The molecule has 7 nitrogen and oxygen atoms in total. The van der Waals surface area contributed by atoms with Gasteiger partial charge in [0.25, 0.3) is 0 Å². The summed E-state index contributed by atoms with van der Waals surface area (Å²) in [5.74, 6) is -0.976. The highest BCUT2D eigenvalue weighted by atomic mass is 32.2. The number of allylic oxidation sites excluding steroid dienone is 2. The highest BCUT2D eigenvalue weighted by Crippen LogP contribution is 2.45. The number of aliphatic hydroxyl groups excluding tert-OH is 1. The molecular weight excluding hydrogens is 416 g/mol. The third kappa shape index (κ3) is 6.61. The number of nitrogens with zero attached hydrogens (tertiary/aromatic N) is 2. The summed E-state index contributed by atoms with van der Waals surface area (Å²) in [6.07, 6.45) is 4.47. The van der Waals surface area contributed by atoms with Crippen LogP contribution in [0.5, 0.6) is 0 Å². The van der Waals surface area contributed by atoms with E-state index in [0.29, 0.717) is 26.0 Å². The van der Waals surface area contributed by atoms with E-state index in [4.69, 9.17) is 14.6 Å². The fraction of sp³-hybridized carbons (Fsp3) is 0.435. The normalized spacial score (nSPS) is 14.9. The number of nitriles is 1. The van der Waals surface area contributed by atoms with E-state index in [1.807, 2.05) is 51.1 Å². The number of para-hydroxylation sites is 1. The zero-order valence-corrected chi connectivity index (χ0v) is 18.9. The molecule has 0 amide bonds. The van der Waals surface area contributed by atoms with E-state index in [1.165, 1.54) is 17.8 Å². The molecule has 0 bridgehead atoms. The summed E-state index contributed by atoms with van der Waals surface area (Å²) >= 11 is 1.53. The lowest BCUT2D eigenvalue weighted by atomic mass is 9.91. The minimum Gasteiger partial charge on any atom is -0.465 e. The Hall–Kier alpha value is -2.76. The van der Waals surface area contributed by atoms with Crippen LogP contribution >= 0.6 is 11.8 Å². The van der Waals surface area contributed by atoms with Gasteiger partial charge in [-0.25, -0.2) is 4.79 Å². The SMILES string of the molecule is CCC(C)(C)C(=O)OCCCN1/C(=C\C=C(\C#N)C(=O)OCCO)Sc2ccccc21. The molecular formula is C23H28N2O5S. The number of benzene rings is 1. The summed E-state index contributed by atoms with van der Waals surface area (Å²) in [5, 5.41) is 18.9. The number of carbonyl (C=O) groups is 2. The summed E-state index contributed by atoms with van der Waals surface area (Å²) < 4.78 is 10.2. The molecule has 8 heteroatoms. The molecule has 1 N–H and O–H groups in total. The zero-order valence-electron chi connectivity index (χ0n) is 18.1. The van der Waals surface area contributed by atoms with Crippen LogP contribution < -0.4 is 4.90 Å². The molecule has 31 heavy (non-hydrogen) atoms. The Labute approximate surface area is 187 Å². The first-order chi connectivity index (χ1) is 14.8. The summed E-state index contributed by atoms with van der Waals surface area (Å²) in [5.41, 5.74) is 0.381. The van der Waals surface area contributed by atoms with Gasteiger partial charge in [0.1, 0.15) is 18.2 Å². The van der Waals surface area contributed by atoms with Gasteiger partial charge in [0.2, 0.25) is 0 Å². The average molecular weight is 445 g/mol. The molecule has 0 aromatic heterocycles. The quantitative estimate of drug-likeness (QED) is 0.252. The fourth-order valence-electron chi connectivity index (χ4n) is 2.66. The van der Waals surface area contributed by atoms with Crippen LogP contribution in [0.3, 0.4) is 0 Å². The number of hydrogen-bond acceptors (Lipinski definition) is 8. The Morgan fingerprint density at radius 3 is 2.68 bits per heavy atom. The van der Waals surface area contributed by atoms with Crippen molar-refractivity contribution in [1.29, 1.82) is 5.26 Å². The topological polar surface area (TPSA) is 99.9 Å². The van der Waals surface area contributed by atoms with E-state index >= 15 is 0 Å². The van der Waals surface area contributed by atoms with Crippen LogP contribution in [0, 0.1) is 16.7 Å². The standard InChI is InChI=1S/C23H28N2O5S/c1-4-23(2,3)22(28)30-14-7-12-25-18-8-5-6-9-19(18)31-20(25)11-10-17(16-24)21(27)29-15-13-26/h5-6,8-11,26H,4,7,12-15H2,1-3H3/b17-10-,20-11+. The molecule has 0 saturated carbocycles. The number of ether oxygens (including phenoxy) is 2. The van der Waals surface area contributed by atoms with Gasteiger partial charge in [-0.15, -0.1) is 0 Å². The molecule has 2 rings (SSSR count). The lowest BCUT2D eigenvalue weighted by Crippen LogP contribution is -2.27. The molecule has 0 spiro atoms. The third-order valence-corrected chi connectivity index (χ3v) is 6.02. The van der Waals surface area contributed by atoms with Crippen LogP contribution in [0.2, 0.25) is 0 Å². The third-order valence-electron chi connectivity index (χ3n) is 4.89. The number of aliphatic hydroxyl groups is 1. The lowest BCUT2D eigenvalue weighted by molar-refractivity contribution is -0.154. The van der Waals surface area contributed by atoms with Crippen LogP contribution in [0.15, 0.2) is 51.9 Å². The molecule has 0 radical (unpaired) electrons. The number of rotatable bonds is 10. The first-order valence-electron chi connectivity index (χ1n) is 10.2. The van der Waals surface area contributed by atoms with Crippen LogP contribution in [-0.2, 0) is 19.1 Å². The molecule has 0 fully saturated rings. The number of anilines is 1. The van der Waals surface area contributed by atoms with Crippen molar-refractivity contribution >= 4 is 29.4 Å². The van der Waals surface area contributed by atoms with Crippen LogP contribution in [0.4, 0.5) is 5.69 Å². The minimum atomic E-state index is -0.772. The maximum Gasteiger partial charge on any atom is 0.348 e. The highest BCUT2D eigenvalue weighted by molar-refractivity contribution is 8.03. The van der Waals surface area contributed by atoms with Crippen molar-refractivity contribution in [1.82, 2.24) is 0 Å². The number of fused-ring (bicyclic) bond motifs is 1. The van der Waals surface area contributed by atoms with E-state index < -0.39 is 11.4 Å². The fourth-order valence-corrected chi connectivity index (χ4v) is 3.75. The Balaban J connectivity index is 2.10. The maximum atomic E-state index is 12.2.